The Balaban J connectivity index is 1.48. The third-order valence-electron chi connectivity index (χ3n) is 4.02. The van der Waals surface area contributed by atoms with E-state index in [4.69, 9.17) is 4.74 Å². The fraction of sp³-hybridized carbons (Fsp3) is 0.643. The second kappa shape index (κ2) is 5.69. The number of hydrogen-bond donors (Lipinski definition) is 0. The topological polar surface area (TPSA) is 59.5 Å². The summed E-state index contributed by atoms with van der Waals surface area (Å²) in [5, 5.41) is 0. The second-order valence-corrected chi connectivity index (χ2v) is 7.97. The third-order valence-corrected chi connectivity index (χ3v) is 5.86. The molecule has 2 atom stereocenters. The predicted molar refractivity (Wildman–Crippen MR) is 76.5 cm³/mol. The van der Waals surface area contributed by atoms with E-state index in [0.717, 1.165) is 38.2 Å². The highest BCUT2D eigenvalue weighted by atomic mass is 32.2. The lowest BCUT2D eigenvalue weighted by atomic mass is 10.1. The van der Waals surface area contributed by atoms with Crippen molar-refractivity contribution in [2.24, 2.45) is 5.92 Å². The van der Waals surface area contributed by atoms with Crippen molar-refractivity contribution in [3.63, 3.8) is 0 Å². The molecule has 0 aromatic carbocycles. The van der Waals surface area contributed by atoms with Gasteiger partial charge in [-0.1, -0.05) is 0 Å². The molecule has 2 fully saturated rings. The van der Waals surface area contributed by atoms with Gasteiger partial charge in [0.25, 0.3) is 0 Å². The molecule has 0 N–H and O–H groups in total. The smallest absolute Gasteiger partial charge is 0.150 e. The molecule has 0 saturated carbocycles. The summed E-state index contributed by atoms with van der Waals surface area (Å²) in [6.07, 6.45) is 5.48. The lowest BCUT2D eigenvalue weighted by molar-refractivity contribution is 0.193. The van der Waals surface area contributed by atoms with E-state index in [1.54, 1.807) is 12.4 Å². The van der Waals surface area contributed by atoms with Crippen LogP contribution in [0.15, 0.2) is 24.5 Å². The summed E-state index contributed by atoms with van der Waals surface area (Å²) in [4.78, 5) is 6.30. The predicted octanol–water partition coefficient (Wildman–Crippen LogP) is 0.969. The van der Waals surface area contributed by atoms with Gasteiger partial charge in [-0.3, -0.25) is 9.88 Å². The van der Waals surface area contributed by atoms with Crippen molar-refractivity contribution in [1.29, 1.82) is 0 Å². The minimum Gasteiger partial charge on any atom is -0.489 e. The Bertz CT molecular complexity index is 547. The highest BCUT2D eigenvalue weighted by Crippen LogP contribution is 2.23. The van der Waals surface area contributed by atoms with Crippen LogP contribution in [-0.2, 0) is 9.84 Å². The first kappa shape index (κ1) is 13.8. The monoisotopic (exact) mass is 296 g/mol. The summed E-state index contributed by atoms with van der Waals surface area (Å²) < 4.78 is 28.9. The maximum atomic E-state index is 11.5. The van der Waals surface area contributed by atoms with E-state index >= 15 is 0 Å². The molecule has 1 unspecified atom stereocenters. The molecular formula is C14H20N2O3S. The molecule has 1 aromatic heterocycles. The molecule has 2 aliphatic heterocycles. The first-order chi connectivity index (χ1) is 9.61. The van der Waals surface area contributed by atoms with Gasteiger partial charge in [0, 0.05) is 32.0 Å². The molecule has 0 amide bonds. The van der Waals surface area contributed by atoms with Crippen LogP contribution in [0.4, 0.5) is 0 Å². The fourth-order valence-electron chi connectivity index (χ4n) is 3.05. The van der Waals surface area contributed by atoms with Crippen molar-refractivity contribution >= 4 is 9.84 Å². The van der Waals surface area contributed by atoms with Crippen LogP contribution in [-0.4, -0.2) is 55.5 Å². The summed E-state index contributed by atoms with van der Waals surface area (Å²) in [5.74, 6) is 1.89. The quantitative estimate of drug-likeness (QED) is 0.828. The first-order valence-corrected chi connectivity index (χ1v) is 8.92. The van der Waals surface area contributed by atoms with Crippen LogP contribution < -0.4 is 4.74 Å². The number of ether oxygens (including phenoxy) is 1. The number of pyridine rings is 1. The Hall–Kier alpha value is -1.14. The Labute approximate surface area is 119 Å². The first-order valence-electron chi connectivity index (χ1n) is 7.10. The molecule has 2 aliphatic rings. The molecule has 6 heteroatoms. The molecule has 2 saturated heterocycles. The Kier molecular flexibility index (Phi) is 3.94. The van der Waals surface area contributed by atoms with Gasteiger partial charge >= 0.3 is 0 Å². The lowest BCUT2D eigenvalue weighted by Gasteiger charge is -2.19. The van der Waals surface area contributed by atoms with E-state index in [1.807, 2.05) is 12.1 Å². The van der Waals surface area contributed by atoms with Gasteiger partial charge in [-0.15, -0.1) is 0 Å². The molecule has 3 rings (SSSR count). The van der Waals surface area contributed by atoms with Crippen LogP contribution in [0.5, 0.6) is 5.75 Å². The zero-order valence-corrected chi connectivity index (χ0v) is 12.3. The Morgan fingerprint density at radius 1 is 1.30 bits per heavy atom. The zero-order valence-electron chi connectivity index (χ0n) is 11.4. The van der Waals surface area contributed by atoms with Crippen molar-refractivity contribution in [3.8, 4) is 5.75 Å². The van der Waals surface area contributed by atoms with E-state index < -0.39 is 9.84 Å². The molecular weight excluding hydrogens is 276 g/mol. The SMILES string of the molecule is O=S1(=O)CCC(CN2CC[C@@H](Oc3ccncc3)C2)C1. The van der Waals surface area contributed by atoms with Gasteiger partial charge in [-0.2, -0.15) is 0 Å². The Morgan fingerprint density at radius 3 is 2.80 bits per heavy atom. The van der Waals surface area contributed by atoms with Gasteiger partial charge in [-0.25, -0.2) is 8.42 Å². The van der Waals surface area contributed by atoms with Gasteiger partial charge < -0.3 is 4.74 Å². The number of hydrogen-bond acceptors (Lipinski definition) is 5. The van der Waals surface area contributed by atoms with Crippen LogP contribution >= 0.6 is 0 Å². The molecule has 5 nitrogen and oxygen atoms in total. The summed E-state index contributed by atoms with van der Waals surface area (Å²) in [6, 6.07) is 3.73. The van der Waals surface area contributed by atoms with E-state index in [0.29, 0.717) is 17.4 Å². The summed E-state index contributed by atoms with van der Waals surface area (Å²) in [5.41, 5.74) is 0. The van der Waals surface area contributed by atoms with Crippen LogP contribution in [0.2, 0.25) is 0 Å². The molecule has 110 valence electrons. The van der Waals surface area contributed by atoms with Crippen molar-refractivity contribution in [3.05, 3.63) is 24.5 Å². The van der Waals surface area contributed by atoms with Crippen LogP contribution in [0.25, 0.3) is 0 Å². The summed E-state index contributed by atoms with van der Waals surface area (Å²) in [6.45, 7) is 2.76. The van der Waals surface area contributed by atoms with Gasteiger partial charge in [0.05, 0.1) is 11.5 Å². The number of sulfone groups is 1. The lowest BCUT2D eigenvalue weighted by Crippen LogP contribution is -2.30. The minimum absolute atomic E-state index is 0.204. The highest BCUT2D eigenvalue weighted by molar-refractivity contribution is 7.91. The fourth-order valence-corrected chi connectivity index (χ4v) is 4.90. The van der Waals surface area contributed by atoms with Crippen molar-refractivity contribution in [1.82, 2.24) is 9.88 Å². The molecule has 0 spiro atoms. The molecule has 0 radical (unpaired) electrons. The van der Waals surface area contributed by atoms with Crippen molar-refractivity contribution < 1.29 is 13.2 Å². The molecule has 20 heavy (non-hydrogen) atoms. The standard InChI is InChI=1S/C14H20N2O3S/c17-20(18)8-4-12(11-20)9-16-7-3-14(10-16)19-13-1-5-15-6-2-13/h1-2,5-6,12,14H,3-4,7-11H2/t12?,14-/m1/s1. The van der Waals surface area contributed by atoms with Crippen LogP contribution in [0, 0.1) is 5.92 Å². The maximum Gasteiger partial charge on any atom is 0.150 e. The van der Waals surface area contributed by atoms with Gasteiger partial charge in [0.15, 0.2) is 9.84 Å². The molecule has 0 bridgehead atoms. The van der Waals surface area contributed by atoms with Gasteiger partial charge in [-0.05, 0) is 30.9 Å². The van der Waals surface area contributed by atoms with Crippen LogP contribution in [0.3, 0.4) is 0 Å². The van der Waals surface area contributed by atoms with E-state index in [1.165, 1.54) is 0 Å². The third kappa shape index (κ3) is 3.49. The van der Waals surface area contributed by atoms with Crippen molar-refractivity contribution in [2.75, 3.05) is 31.1 Å². The number of nitrogens with zero attached hydrogens (tertiary/aromatic N) is 2. The molecule has 3 heterocycles. The zero-order chi connectivity index (χ0) is 14.0. The normalized spacial score (nSPS) is 29.6. The van der Waals surface area contributed by atoms with Gasteiger partial charge in [0.2, 0.25) is 0 Å². The average Bonchev–Trinajstić information content (AvgIpc) is 2.98. The molecule has 1 aromatic rings. The van der Waals surface area contributed by atoms with Crippen LogP contribution in [0.1, 0.15) is 12.8 Å². The number of likely N-dealkylation sites (tertiary alicyclic amines) is 1. The highest BCUT2D eigenvalue weighted by Gasteiger charge is 2.32. The summed E-state index contributed by atoms with van der Waals surface area (Å²) in [7, 11) is -2.76. The molecule has 0 aliphatic carbocycles. The largest absolute Gasteiger partial charge is 0.489 e. The Morgan fingerprint density at radius 2 is 2.10 bits per heavy atom. The number of rotatable bonds is 4. The van der Waals surface area contributed by atoms with Crippen molar-refractivity contribution in [2.45, 2.75) is 18.9 Å². The van der Waals surface area contributed by atoms with E-state index in [9.17, 15) is 8.42 Å². The van der Waals surface area contributed by atoms with E-state index in [-0.39, 0.29) is 6.10 Å². The summed E-state index contributed by atoms with van der Waals surface area (Å²) >= 11 is 0. The van der Waals surface area contributed by atoms with E-state index in [2.05, 4.69) is 9.88 Å². The minimum atomic E-state index is -2.76. The second-order valence-electron chi connectivity index (χ2n) is 5.74. The maximum absolute atomic E-state index is 11.5. The van der Waals surface area contributed by atoms with Gasteiger partial charge in [0.1, 0.15) is 11.9 Å². The average molecular weight is 296 g/mol. The number of aromatic nitrogens is 1.